The van der Waals surface area contributed by atoms with Crippen molar-refractivity contribution in [2.45, 2.75) is 36.4 Å². The molecule has 2 rings (SSSR count). The smallest absolute Gasteiger partial charge is 0.134 e. The lowest BCUT2D eigenvalue weighted by Gasteiger charge is -2.29. The average Bonchev–Trinajstić information content (AvgIpc) is 2.38. The summed E-state index contributed by atoms with van der Waals surface area (Å²) < 4.78 is 5.80. The maximum absolute atomic E-state index is 10.0. The van der Waals surface area contributed by atoms with Gasteiger partial charge in [-0.05, 0) is 25.0 Å². The molecule has 17 heavy (non-hydrogen) atoms. The minimum atomic E-state index is -0.427. The zero-order valence-electron chi connectivity index (χ0n) is 9.63. The van der Waals surface area contributed by atoms with Crippen LogP contribution in [0.3, 0.4) is 0 Å². The minimum absolute atomic E-state index is 0.118. The van der Waals surface area contributed by atoms with Crippen LogP contribution in [0.5, 0.6) is 5.75 Å². The lowest BCUT2D eigenvalue weighted by atomic mass is 10.1. The van der Waals surface area contributed by atoms with Crippen molar-refractivity contribution < 1.29 is 9.84 Å². The van der Waals surface area contributed by atoms with Gasteiger partial charge < -0.3 is 9.84 Å². The molecule has 1 N–H and O–H groups in total. The first kappa shape index (κ1) is 12.3. The van der Waals surface area contributed by atoms with Gasteiger partial charge in [0.05, 0.1) is 6.10 Å². The zero-order valence-corrected chi connectivity index (χ0v) is 10.5. The number of fused-ring (bicyclic) bond motifs is 1. The quantitative estimate of drug-likeness (QED) is 0.656. The molecule has 1 heterocycles. The van der Waals surface area contributed by atoms with Crippen LogP contribution in [0.15, 0.2) is 29.2 Å². The van der Waals surface area contributed by atoms with Gasteiger partial charge >= 0.3 is 0 Å². The number of rotatable bonds is 4. The van der Waals surface area contributed by atoms with Crippen LogP contribution in [-0.2, 0) is 0 Å². The van der Waals surface area contributed by atoms with Gasteiger partial charge in [0.2, 0.25) is 0 Å². The summed E-state index contributed by atoms with van der Waals surface area (Å²) in [6.07, 6.45) is 6.92. The van der Waals surface area contributed by atoms with Crippen molar-refractivity contribution in [3.8, 4) is 18.1 Å². The molecule has 2 nitrogen and oxygen atoms in total. The Morgan fingerprint density at radius 1 is 1.53 bits per heavy atom. The summed E-state index contributed by atoms with van der Waals surface area (Å²) in [6.45, 7) is 0. The molecule has 0 amide bonds. The van der Waals surface area contributed by atoms with Gasteiger partial charge in [-0.25, -0.2) is 0 Å². The Balaban J connectivity index is 1.91. The standard InChI is InChI=1S/C14H16O2S/c1-2-3-4-7-11(15)13-10-17-14-9-6-5-8-12(14)16-13/h1,5-6,8-9,11,13,15H,3-4,7,10H2. The highest BCUT2D eigenvalue weighted by Crippen LogP contribution is 2.36. The van der Waals surface area contributed by atoms with Crippen molar-refractivity contribution in [1.82, 2.24) is 0 Å². The van der Waals surface area contributed by atoms with Crippen LogP contribution in [0.2, 0.25) is 0 Å². The number of unbranched alkanes of at least 4 members (excludes halogenated alkanes) is 1. The van der Waals surface area contributed by atoms with E-state index < -0.39 is 6.10 Å². The second-order valence-corrected chi connectivity index (χ2v) is 5.14. The molecule has 0 aromatic heterocycles. The van der Waals surface area contributed by atoms with E-state index in [-0.39, 0.29) is 6.10 Å². The Labute approximate surface area is 106 Å². The van der Waals surface area contributed by atoms with Crippen LogP contribution in [0.25, 0.3) is 0 Å². The monoisotopic (exact) mass is 248 g/mol. The van der Waals surface area contributed by atoms with E-state index in [9.17, 15) is 5.11 Å². The second kappa shape index (κ2) is 6.00. The van der Waals surface area contributed by atoms with Gasteiger partial charge in [-0.1, -0.05) is 12.1 Å². The van der Waals surface area contributed by atoms with Crippen molar-refractivity contribution >= 4 is 11.8 Å². The minimum Gasteiger partial charge on any atom is -0.486 e. The van der Waals surface area contributed by atoms with E-state index in [4.69, 9.17) is 11.2 Å². The number of benzene rings is 1. The topological polar surface area (TPSA) is 29.5 Å². The Morgan fingerprint density at radius 2 is 2.35 bits per heavy atom. The average molecular weight is 248 g/mol. The summed E-state index contributed by atoms with van der Waals surface area (Å²) in [5, 5.41) is 10.0. The summed E-state index contributed by atoms with van der Waals surface area (Å²) >= 11 is 1.74. The third-order valence-electron chi connectivity index (χ3n) is 2.78. The first-order valence-electron chi connectivity index (χ1n) is 5.81. The third kappa shape index (κ3) is 3.18. The molecule has 1 aliphatic rings. The summed E-state index contributed by atoms with van der Waals surface area (Å²) in [7, 11) is 0. The van der Waals surface area contributed by atoms with Crippen molar-refractivity contribution in [3.05, 3.63) is 24.3 Å². The molecule has 0 bridgehead atoms. The summed E-state index contributed by atoms with van der Waals surface area (Å²) in [5.41, 5.74) is 0. The molecule has 0 spiro atoms. The summed E-state index contributed by atoms with van der Waals surface area (Å²) in [5.74, 6) is 4.26. The van der Waals surface area contributed by atoms with Crippen LogP contribution in [0.4, 0.5) is 0 Å². The van der Waals surface area contributed by atoms with E-state index in [0.29, 0.717) is 12.8 Å². The fourth-order valence-corrected chi connectivity index (χ4v) is 2.89. The molecule has 1 aromatic carbocycles. The number of hydrogen-bond donors (Lipinski definition) is 1. The highest BCUT2D eigenvalue weighted by atomic mass is 32.2. The number of thioether (sulfide) groups is 1. The van der Waals surface area contributed by atoms with Crippen LogP contribution in [-0.4, -0.2) is 23.1 Å². The molecule has 0 radical (unpaired) electrons. The van der Waals surface area contributed by atoms with Crippen LogP contribution < -0.4 is 4.74 Å². The van der Waals surface area contributed by atoms with E-state index in [2.05, 4.69) is 5.92 Å². The van der Waals surface area contributed by atoms with E-state index in [0.717, 1.165) is 22.8 Å². The first-order chi connectivity index (χ1) is 8.31. The predicted molar refractivity (Wildman–Crippen MR) is 70.3 cm³/mol. The van der Waals surface area contributed by atoms with Gasteiger partial charge in [-0.15, -0.1) is 24.1 Å². The number of terminal acetylenes is 1. The van der Waals surface area contributed by atoms with E-state index in [1.165, 1.54) is 0 Å². The number of ether oxygens (including phenoxy) is 1. The Morgan fingerprint density at radius 3 is 3.18 bits per heavy atom. The molecular weight excluding hydrogens is 232 g/mol. The zero-order chi connectivity index (χ0) is 12.1. The number of para-hydroxylation sites is 1. The normalized spacial score (nSPS) is 19.9. The molecule has 1 aliphatic heterocycles. The molecule has 0 saturated heterocycles. The van der Waals surface area contributed by atoms with Crippen LogP contribution in [0.1, 0.15) is 19.3 Å². The molecule has 2 unspecified atom stereocenters. The molecule has 0 fully saturated rings. The maximum atomic E-state index is 10.0. The first-order valence-corrected chi connectivity index (χ1v) is 6.80. The van der Waals surface area contributed by atoms with Gasteiger partial charge in [0.1, 0.15) is 11.9 Å². The van der Waals surface area contributed by atoms with Crippen molar-refractivity contribution in [1.29, 1.82) is 0 Å². The molecule has 2 atom stereocenters. The Hall–Kier alpha value is -1.11. The largest absolute Gasteiger partial charge is 0.486 e. The molecule has 0 saturated carbocycles. The van der Waals surface area contributed by atoms with Crippen molar-refractivity contribution in [3.63, 3.8) is 0 Å². The lowest BCUT2D eigenvalue weighted by Crippen LogP contribution is -2.35. The molecule has 1 aromatic rings. The highest BCUT2D eigenvalue weighted by Gasteiger charge is 2.26. The van der Waals surface area contributed by atoms with Gasteiger partial charge in [-0.2, -0.15) is 0 Å². The van der Waals surface area contributed by atoms with Gasteiger partial charge in [0, 0.05) is 17.1 Å². The predicted octanol–water partition coefficient (Wildman–Crippen LogP) is 2.70. The van der Waals surface area contributed by atoms with Gasteiger partial charge in [-0.3, -0.25) is 0 Å². The van der Waals surface area contributed by atoms with Crippen LogP contribution >= 0.6 is 11.8 Å². The third-order valence-corrected chi connectivity index (χ3v) is 3.92. The van der Waals surface area contributed by atoms with Crippen LogP contribution in [0, 0.1) is 12.3 Å². The molecule has 0 aliphatic carbocycles. The van der Waals surface area contributed by atoms with E-state index in [1.54, 1.807) is 11.8 Å². The lowest BCUT2D eigenvalue weighted by molar-refractivity contribution is 0.0398. The van der Waals surface area contributed by atoms with E-state index in [1.807, 2.05) is 24.3 Å². The van der Waals surface area contributed by atoms with E-state index >= 15 is 0 Å². The number of aliphatic hydroxyl groups excluding tert-OH is 1. The summed E-state index contributed by atoms with van der Waals surface area (Å²) in [4.78, 5) is 1.15. The maximum Gasteiger partial charge on any atom is 0.134 e. The van der Waals surface area contributed by atoms with Gasteiger partial charge in [0.15, 0.2) is 0 Å². The second-order valence-electron chi connectivity index (χ2n) is 4.08. The molecule has 90 valence electrons. The SMILES string of the molecule is C#CCCCC(O)C1CSc2ccccc2O1. The van der Waals surface area contributed by atoms with Crippen molar-refractivity contribution in [2.24, 2.45) is 0 Å². The number of hydrogen-bond acceptors (Lipinski definition) is 3. The fourth-order valence-electron chi connectivity index (χ4n) is 1.82. The number of aliphatic hydroxyl groups is 1. The Kier molecular flexibility index (Phi) is 4.36. The van der Waals surface area contributed by atoms with Gasteiger partial charge in [0.25, 0.3) is 0 Å². The summed E-state index contributed by atoms with van der Waals surface area (Å²) in [6, 6.07) is 7.94. The highest BCUT2D eigenvalue weighted by molar-refractivity contribution is 7.99. The molecular formula is C14H16O2S. The fraction of sp³-hybridized carbons (Fsp3) is 0.429. The molecule has 3 heteroatoms. The van der Waals surface area contributed by atoms with Crippen molar-refractivity contribution in [2.75, 3.05) is 5.75 Å². The Bertz CT molecular complexity index is 411.